The number of nitrogens with zero attached hydrogens (tertiary/aromatic N) is 1. The van der Waals surface area contributed by atoms with Crippen LogP contribution >= 0.6 is 0 Å². The van der Waals surface area contributed by atoms with Crippen molar-refractivity contribution in [1.82, 2.24) is 15.6 Å². The summed E-state index contributed by atoms with van der Waals surface area (Å²) in [6.07, 6.45) is 5.45. The standard InChI is InChI=1S/C16H24N4/c1-3-4-10-18-16(17-2)19-11-9-13-12-20-15-8-6-5-7-14(13)15/h5-8,12,20H,3-4,9-11H2,1-2H3,(H2,17,18,19). The molecule has 1 heterocycles. The van der Waals surface area contributed by atoms with Crippen LogP contribution in [-0.2, 0) is 6.42 Å². The van der Waals surface area contributed by atoms with Crippen LogP contribution in [0.4, 0.5) is 0 Å². The molecule has 4 heteroatoms. The molecule has 0 unspecified atom stereocenters. The van der Waals surface area contributed by atoms with E-state index in [1.54, 1.807) is 0 Å². The molecule has 1 aromatic carbocycles. The summed E-state index contributed by atoms with van der Waals surface area (Å²) in [6, 6.07) is 8.41. The van der Waals surface area contributed by atoms with Gasteiger partial charge in [0.1, 0.15) is 0 Å². The third kappa shape index (κ3) is 3.76. The molecule has 0 fully saturated rings. The summed E-state index contributed by atoms with van der Waals surface area (Å²) in [5.41, 5.74) is 2.55. The molecule has 2 rings (SSSR count). The Balaban J connectivity index is 1.83. The molecule has 0 bridgehead atoms. The first-order chi connectivity index (χ1) is 9.85. The average Bonchev–Trinajstić information content (AvgIpc) is 2.89. The molecule has 0 aliphatic heterocycles. The fraction of sp³-hybridized carbons (Fsp3) is 0.438. The molecule has 0 saturated heterocycles. The van der Waals surface area contributed by atoms with E-state index < -0.39 is 0 Å². The highest BCUT2D eigenvalue weighted by atomic mass is 15.2. The molecule has 0 radical (unpaired) electrons. The lowest BCUT2D eigenvalue weighted by Gasteiger charge is -2.11. The van der Waals surface area contributed by atoms with Gasteiger partial charge in [0.25, 0.3) is 0 Å². The SMILES string of the molecule is CCCCNC(=NC)NCCc1c[nH]c2ccccc12. The Morgan fingerprint density at radius 1 is 1.20 bits per heavy atom. The van der Waals surface area contributed by atoms with E-state index in [0.29, 0.717) is 0 Å². The molecule has 108 valence electrons. The molecule has 3 N–H and O–H groups in total. The number of aromatic amines is 1. The summed E-state index contributed by atoms with van der Waals surface area (Å²) in [7, 11) is 1.81. The van der Waals surface area contributed by atoms with Gasteiger partial charge in [0.15, 0.2) is 5.96 Å². The number of para-hydroxylation sites is 1. The molecule has 0 aliphatic carbocycles. The highest BCUT2D eigenvalue weighted by Gasteiger charge is 2.03. The van der Waals surface area contributed by atoms with E-state index in [2.05, 4.69) is 58.0 Å². The van der Waals surface area contributed by atoms with Crippen LogP contribution in [0.3, 0.4) is 0 Å². The minimum Gasteiger partial charge on any atom is -0.361 e. The third-order valence-electron chi connectivity index (χ3n) is 3.41. The zero-order valence-corrected chi connectivity index (χ0v) is 12.4. The molecule has 0 spiro atoms. The number of hydrogen-bond donors (Lipinski definition) is 3. The summed E-state index contributed by atoms with van der Waals surface area (Å²) >= 11 is 0. The van der Waals surface area contributed by atoms with Gasteiger partial charge in [0, 0.05) is 37.2 Å². The predicted molar refractivity (Wildman–Crippen MR) is 86.3 cm³/mol. The van der Waals surface area contributed by atoms with Crippen LogP contribution < -0.4 is 10.6 Å². The summed E-state index contributed by atoms with van der Waals surface area (Å²) < 4.78 is 0. The van der Waals surface area contributed by atoms with Gasteiger partial charge in [-0.05, 0) is 24.5 Å². The quantitative estimate of drug-likeness (QED) is 0.430. The number of unbranched alkanes of at least 4 members (excludes halogenated alkanes) is 1. The maximum absolute atomic E-state index is 4.23. The second kappa shape index (κ2) is 7.58. The first kappa shape index (κ1) is 14.4. The van der Waals surface area contributed by atoms with E-state index in [-0.39, 0.29) is 0 Å². The fourth-order valence-corrected chi connectivity index (χ4v) is 2.26. The lowest BCUT2D eigenvalue weighted by Crippen LogP contribution is -2.38. The van der Waals surface area contributed by atoms with Crippen molar-refractivity contribution >= 4 is 16.9 Å². The minimum atomic E-state index is 0.883. The van der Waals surface area contributed by atoms with Crippen molar-refractivity contribution in [3.05, 3.63) is 36.0 Å². The van der Waals surface area contributed by atoms with Crippen molar-refractivity contribution < 1.29 is 0 Å². The molecule has 0 saturated carbocycles. The van der Waals surface area contributed by atoms with Crippen molar-refractivity contribution in [2.75, 3.05) is 20.1 Å². The molecule has 2 aromatic rings. The molecule has 20 heavy (non-hydrogen) atoms. The number of hydrogen-bond acceptors (Lipinski definition) is 1. The van der Waals surface area contributed by atoms with Crippen molar-refractivity contribution in [1.29, 1.82) is 0 Å². The van der Waals surface area contributed by atoms with Crippen LogP contribution in [0.2, 0.25) is 0 Å². The van der Waals surface area contributed by atoms with Gasteiger partial charge in [-0.1, -0.05) is 31.5 Å². The highest BCUT2D eigenvalue weighted by molar-refractivity contribution is 5.83. The first-order valence-corrected chi connectivity index (χ1v) is 7.34. The van der Waals surface area contributed by atoms with Gasteiger partial charge in [-0.2, -0.15) is 0 Å². The Labute approximate surface area is 120 Å². The summed E-state index contributed by atoms with van der Waals surface area (Å²) in [6.45, 7) is 4.05. The number of guanidine groups is 1. The summed E-state index contributed by atoms with van der Waals surface area (Å²) in [4.78, 5) is 7.54. The zero-order chi connectivity index (χ0) is 14.2. The molecule has 4 nitrogen and oxygen atoms in total. The van der Waals surface area contributed by atoms with Crippen molar-refractivity contribution in [3.8, 4) is 0 Å². The van der Waals surface area contributed by atoms with Gasteiger partial charge in [0.2, 0.25) is 0 Å². The fourth-order valence-electron chi connectivity index (χ4n) is 2.26. The number of aliphatic imine (C=N–C) groups is 1. The van der Waals surface area contributed by atoms with Gasteiger partial charge in [-0.3, -0.25) is 4.99 Å². The number of benzene rings is 1. The molecule has 0 amide bonds. The van der Waals surface area contributed by atoms with Crippen molar-refractivity contribution in [3.63, 3.8) is 0 Å². The monoisotopic (exact) mass is 272 g/mol. The van der Waals surface area contributed by atoms with E-state index in [9.17, 15) is 0 Å². The Kier molecular flexibility index (Phi) is 5.47. The van der Waals surface area contributed by atoms with E-state index in [0.717, 1.165) is 25.5 Å². The Morgan fingerprint density at radius 3 is 2.80 bits per heavy atom. The molecular formula is C16H24N4. The molecule has 1 aromatic heterocycles. The van der Waals surface area contributed by atoms with Gasteiger partial charge in [-0.25, -0.2) is 0 Å². The highest BCUT2D eigenvalue weighted by Crippen LogP contribution is 2.17. The molecule has 0 atom stereocenters. The predicted octanol–water partition coefficient (Wildman–Crippen LogP) is 2.68. The molecular weight excluding hydrogens is 248 g/mol. The van der Waals surface area contributed by atoms with E-state index in [4.69, 9.17) is 0 Å². The lowest BCUT2D eigenvalue weighted by molar-refractivity contribution is 0.727. The minimum absolute atomic E-state index is 0.883. The van der Waals surface area contributed by atoms with Crippen LogP contribution in [0.15, 0.2) is 35.5 Å². The second-order valence-corrected chi connectivity index (χ2v) is 4.89. The van der Waals surface area contributed by atoms with E-state index in [1.165, 1.54) is 29.3 Å². The van der Waals surface area contributed by atoms with Crippen LogP contribution in [-0.4, -0.2) is 31.1 Å². The lowest BCUT2D eigenvalue weighted by atomic mass is 10.1. The number of fused-ring (bicyclic) bond motifs is 1. The number of nitrogens with one attached hydrogen (secondary N) is 3. The maximum atomic E-state index is 4.23. The normalized spacial score (nSPS) is 11.8. The third-order valence-corrected chi connectivity index (χ3v) is 3.41. The summed E-state index contributed by atoms with van der Waals surface area (Å²) in [5.74, 6) is 0.887. The zero-order valence-electron chi connectivity index (χ0n) is 12.4. The molecule has 0 aliphatic rings. The van der Waals surface area contributed by atoms with E-state index in [1.807, 2.05) is 7.05 Å². The largest absolute Gasteiger partial charge is 0.361 e. The number of aromatic nitrogens is 1. The van der Waals surface area contributed by atoms with Crippen molar-refractivity contribution in [2.24, 2.45) is 4.99 Å². The van der Waals surface area contributed by atoms with Crippen LogP contribution in [0, 0.1) is 0 Å². The number of H-pyrrole nitrogens is 1. The van der Waals surface area contributed by atoms with Gasteiger partial charge in [0.05, 0.1) is 0 Å². The first-order valence-electron chi connectivity index (χ1n) is 7.34. The topological polar surface area (TPSA) is 52.2 Å². The number of rotatable bonds is 6. The smallest absolute Gasteiger partial charge is 0.190 e. The van der Waals surface area contributed by atoms with Gasteiger partial charge < -0.3 is 15.6 Å². The maximum Gasteiger partial charge on any atom is 0.190 e. The average molecular weight is 272 g/mol. The Bertz CT molecular complexity index is 556. The summed E-state index contributed by atoms with van der Waals surface area (Å²) in [5, 5.41) is 7.98. The van der Waals surface area contributed by atoms with Gasteiger partial charge in [-0.15, -0.1) is 0 Å². The second-order valence-electron chi connectivity index (χ2n) is 4.89. The van der Waals surface area contributed by atoms with Gasteiger partial charge >= 0.3 is 0 Å². The van der Waals surface area contributed by atoms with E-state index >= 15 is 0 Å². The Morgan fingerprint density at radius 2 is 2.00 bits per heavy atom. The van der Waals surface area contributed by atoms with Crippen LogP contribution in [0.25, 0.3) is 10.9 Å². The van der Waals surface area contributed by atoms with Crippen LogP contribution in [0.1, 0.15) is 25.3 Å². The van der Waals surface area contributed by atoms with Crippen LogP contribution in [0.5, 0.6) is 0 Å². The Hall–Kier alpha value is -1.97. The van der Waals surface area contributed by atoms with Crippen molar-refractivity contribution in [2.45, 2.75) is 26.2 Å².